The van der Waals surface area contributed by atoms with Crippen LogP contribution in [0.5, 0.6) is 5.75 Å². The van der Waals surface area contributed by atoms with Crippen LogP contribution in [0.15, 0.2) is 36.4 Å². The van der Waals surface area contributed by atoms with Crippen LogP contribution in [0.1, 0.15) is 33.2 Å². The van der Waals surface area contributed by atoms with Crippen molar-refractivity contribution >= 4 is 17.5 Å². The number of nitro groups is 1. The average Bonchev–Trinajstić information content (AvgIpc) is 2.67. The summed E-state index contributed by atoms with van der Waals surface area (Å²) in [4.78, 5) is 34.6. The number of hydrogen-bond acceptors (Lipinski definition) is 5. The summed E-state index contributed by atoms with van der Waals surface area (Å²) in [7, 11) is 0. The number of hydrogen-bond donors (Lipinski definition) is 2. The molecular weight excluding hydrogens is 369 g/mol. The maximum atomic E-state index is 13.5. The Morgan fingerprint density at radius 1 is 1.07 bits per heavy atom. The van der Waals surface area contributed by atoms with E-state index in [1.54, 1.807) is 13.8 Å². The SMILES string of the molecule is CCOc1ccc(C(=O)NCCNC(=O)c2ccc(C)c(F)c2)cc1[N+](=O)[O-]. The van der Waals surface area contributed by atoms with Gasteiger partial charge in [-0.05, 0) is 43.7 Å². The summed E-state index contributed by atoms with van der Waals surface area (Å²) in [5, 5.41) is 16.2. The van der Waals surface area contributed by atoms with Crippen molar-refractivity contribution in [3.05, 3.63) is 69.0 Å². The second kappa shape index (κ2) is 9.45. The fraction of sp³-hybridized carbons (Fsp3) is 0.263. The van der Waals surface area contributed by atoms with Crippen molar-refractivity contribution in [3.8, 4) is 5.75 Å². The zero-order valence-electron chi connectivity index (χ0n) is 15.5. The highest BCUT2D eigenvalue weighted by molar-refractivity contribution is 5.95. The molecule has 0 heterocycles. The van der Waals surface area contributed by atoms with Gasteiger partial charge in [0.15, 0.2) is 5.75 Å². The minimum absolute atomic E-state index is 0.0849. The summed E-state index contributed by atoms with van der Waals surface area (Å²) < 4.78 is 18.7. The molecule has 0 fully saturated rings. The predicted molar refractivity (Wildman–Crippen MR) is 100 cm³/mol. The number of aryl methyl sites for hydroxylation is 1. The smallest absolute Gasteiger partial charge is 0.311 e. The van der Waals surface area contributed by atoms with Crippen LogP contribution >= 0.6 is 0 Å². The first-order valence-corrected chi connectivity index (χ1v) is 8.57. The molecule has 0 saturated heterocycles. The highest BCUT2D eigenvalue weighted by Gasteiger charge is 2.18. The quantitative estimate of drug-likeness (QED) is 0.410. The number of nitro benzene ring substituents is 1. The highest BCUT2D eigenvalue weighted by atomic mass is 19.1. The lowest BCUT2D eigenvalue weighted by Gasteiger charge is -2.09. The molecule has 2 aromatic carbocycles. The monoisotopic (exact) mass is 389 g/mol. The van der Waals surface area contributed by atoms with Gasteiger partial charge in [0.1, 0.15) is 5.82 Å². The molecule has 0 saturated carbocycles. The lowest BCUT2D eigenvalue weighted by Crippen LogP contribution is -2.34. The Kier molecular flexibility index (Phi) is 7.02. The molecule has 2 amide bonds. The fourth-order valence-corrected chi connectivity index (χ4v) is 2.37. The summed E-state index contributed by atoms with van der Waals surface area (Å²) >= 11 is 0. The van der Waals surface area contributed by atoms with Crippen LogP contribution in [0, 0.1) is 22.9 Å². The lowest BCUT2D eigenvalue weighted by molar-refractivity contribution is -0.385. The second-order valence-electron chi connectivity index (χ2n) is 5.85. The van der Waals surface area contributed by atoms with E-state index in [1.807, 2.05) is 0 Å². The van der Waals surface area contributed by atoms with Gasteiger partial charge in [-0.25, -0.2) is 4.39 Å². The molecule has 0 aliphatic carbocycles. The molecule has 2 N–H and O–H groups in total. The van der Waals surface area contributed by atoms with Crippen LogP contribution < -0.4 is 15.4 Å². The van der Waals surface area contributed by atoms with E-state index in [2.05, 4.69) is 10.6 Å². The molecule has 0 aliphatic rings. The minimum Gasteiger partial charge on any atom is -0.487 e. The molecule has 0 spiro atoms. The Morgan fingerprint density at radius 2 is 1.64 bits per heavy atom. The molecule has 148 valence electrons. The van der Waals surface area contributed by atoms with E-state index >= 15 is 0 Å². The Morgan fingerprint density at radius 3 is 2.18 bits per heavy atom. The summed E-state index contributed by atoms with van der Waals surface area (Å²) in [6.45, 7) is 3.76. The number of carbonyl (C=O) groups is 2. The van der Waals surface area contributed by atoms with Gasteiger partial charge in [0, 0.05) is 30.3 Å². The molecular formula is C19H20FN3O5. The van der Waals surface area contributed by atoms with Crippen molar-refractivity contribution in [2.45, 2.75) is 13.8 Å². The molecule has 0 aliphatic heterocycles. The molecule has 8 nitrogen and oxygen atoms in total. The Hall–Kier alpha value is -3.49. The molecule has 28 heavy (non-hydrogen) atoms. The van der Waals surface area contributed by atoms with E-state index in [4.69, 9.17) is 4.74 Å². The van der Waals surface area contributed by atoms with E-state index in [1.165, 1.54) is 24.3 Å². The number of ether oxygens (including phenoxy) is 1. The molecule has 0 atom stereocenters. The van der Waals surface area contributed by atoms with Crippen molar-refractivity contribution < 1.29 is 23.6 Å². The van der Waals surface area contributed by atoms with E-state index < -0.39 is 22.6 Å². The van der Waals surface area contributed by atoms with Crippen molar-refractivity contribution in [2.24, 2.45) is 0 Å². The molecule has 0 bridgehead atoms. The molecule has 0 aromatic heterocycles. The number of nitrogens with one attached hydrogen (secondary N) is 2. The Bertz CT molecular complexity index is 901. The van der Waals surface area contributed by atoms with Crippen molar-refractivity contribution in [1.82, 2.24) is 10.6 Å². The van der Waals surface area contributed by atoms with Crippen LogP contribution in [0.2, 0.25) is 0 Å². The van der Waals surface area contributed by atoms with Crippen molar-refractivity contribution in [2.75, 3.05) is 19.7 Å². The van der Waals surface area contributed by atoms with Gasteiger partial charge in [-0.2, -0.15) is 0 Å². The van der Waals surface area contributed by atoms with Gasteiger partial charge >= 0.3 is 5.69 Å². The lowest BCUT2D eigenvalue weighted by atomic mass is 10.1. The number of benzene rings is 2. The molecule has 0 radical (unpaired) electrons. The zero-order valence-corrected chi connectivity index (χ0v) is 15.5. The first-order valence-electron chi connectivity index (χ1n) is 8.57. The maximum Gasteiger partial charge on any atom is 0.311 e. The van der Waals surface area contributed by atoms with Gasteiger partial charge in [0.25, 0.3) is 11.8 Å². The predicted octanol–water partition coefficient (Wildman–Crippen LogP) is 2.60. The van der Waals surface area contributed by atoms with Gasteiger partial charge in [0.2, 0.25) is 0 Å². The van der Waals surface area contributed by atoms with Gasteiger partial charge < -0.3 is 15.4 Å². The number of halogens is 1. The van der Waals surface area contributed by atoms with Gasteiger partial charge in [-0.3, -0.25) is 19.7 Å². The maximum absolute atomic E-state index is 13.5. The molecule has 2 rings (SSSR count). The Balaban J connectivity index is 1.90. The van der Waals surface area contributed by atoms with Crippen LogP contribution in [0.3, 0.4) is 0 Å². The van der Waals surface area contributed by atoms with Crippen molar-refractivity contribution in [3.63, 3.8) is 0 Å². The third-order valence-electron chi connectivity index (χ3n) is 3.85. The van der Waals surface area contributed by atoms with Gasteiger partial charge in [0.05, 0.1) is 11.5 Å². The number of rotatable bonds is 8. The van der Waals surface area contributed by atoms with E-state index in [-0.39, 0.29) is 42.3 Å². The average molecular weight is 389 g/mol. The summed E-state index contributed by atoms with van der Waals surface area (Å²) in [5.74, 6) is -1.38. The normalized spacial score (nSPS) is 10.2. The first kappa shape index (κ1) is 20.8. The van der Waals surface area contributed by atoms with Crippen LogP contribution in [0.25, 0.3) is 0 Å². The third kappa shape index (κ3) is 5.26. The largest absolute Gasteiger partial charge is 0.487 e. The molecule has 2 aromatic rings. The Labute approximate surface area is 160 Å². The van der Waals surface area contributed by atoms with Crippen molar-refractivity contribution in [1.29, 1.82) is 0 Å². The number of amides is 2. The van der Waals surface area contributed by atoms with E-state index in [0.29, 0.717) is 5.56 Å². The van der Waals surface area contributed by atoms with E-state index in [0.717, 1.165) is 12.1 Å². The topological polar surface area (TPSA) is 111 Å². The zero-order chi connectivity index (χ0) is 20.7. The number of carbonyl (C=O) groups excluding carboxylic acids is 2. The van der Waals surface area contributed by atoms with Gasteiger partial charge in [-0.1, -0.05) is 6.07 Å². The summed E-state index contributed by atoms with van der Waals surface area (Å²) in [6, 6.07) is 8.07. The van der Waals surface area contributed by atoms with Crippen LogP contribution in [-0.2, 0) is 0 Å². The third-order valence-corrected chi connectivity index (χ3v) is 3.85. The highest BCUT2D eigenvalue weighted by Crippen LogP contribution is 2.27. The standard InChI is InChI=1S/C19H20FN3O5/c1-3-28-17-7-6-14(11-16(17)23(26)27)19(25)22-9-8-21-18(24)13-5-4-12(2)15(20)10-13/h4-7,10-11H,3,8-9H2,1-2H3,(H,21,24)(H,22,25). The number of nitrogens with zero attached hydrogens (tertiary/aromatic N) is 1. The minimum atomic E-state index is -0.622. The molecule has 0 unspecified atom stereocenters. The van der Waals surface area contributed by atoms with Gasteiger partial charge in [-0.15, -0.1) is 0 Å². The summed E-state index contributed by atoms with van der Waals surface area (Å²) in [6.07, 6.45) is 0. The first-order chi connectivity index (χ1) is 13.3. The second-order valence-corrected chi connectivity index (χ2v) is 5.85. The molecule has 9 heteroatoms. The van der Waals surface area contributed by atoms with E-state index in [9.17, 15) is 24.1 Å². The van der Waals surface area contributed by atoms with Crippen LogP contribution in [-0.4, -0.2) is 36.4 Å². The van der Waals surface area contributed by atoms with Crippen LogP contribution in [0.4, 0.5) is 10.1 Å². The summed E-state index contributed by atoms with van der Waals surface area (Å²) in [5.41, 5.74) is 0.413. The fourth-order valence-electron chi connectivity index (χ4n) is 2.37.